The third-order valence-electron chi connectivity index (χ3n) is 3.94. The topological polar surface area (TPSA) is 70.0 Å². The fourth-order valence-electron chi connectivity index (χ4n) is 2.63. The summed E-state index contributed by atoms with van der Waals surface area (Å²) >= 11 is 0. The molecule has 0 radical (unpaired) electrons. The van der Waals surface area contributed by atoms with Gasteiger partial charge in [-0.3, -0.25) is 13.9 Å². The summed E-state index contributed by atoms with van der Waals surface area (Å²) in [5.41, 5.74) is 5.04. The van der Waals surface area contributed by atoms with Crippen LogP contribution in [-0.4, -0.2) is 9.13 Å². The molecular weight excluding hydrogens is 273 g/mol. The number of hydrogen-bond donors (Lipinski definition) is 1. The first-order valence-electron chi connectivity index (χ1n) is 7.14. The Balaban J connectivity index is 2.41. The third-order valence-corrected chi connectivity index (χ3v) is 3.94. The van der Waals surface area contributed by atoms with E-state index in [0.717, 1.165) is 12.8 Å². The molecule has 1 fully saturated rings. The number of fused-ring (bicyclic) bond motifs is 1. The maximum absolute atomic E-state index is 13.7. The molecule has 0 amide bonds. The molecule has 112 valence electrons. The van der Waals surface area contributed by atoms with Gasteiger partial charge in [-0.2, -0.15) is 0 Å². The second-order valence-corrected chi connectivity index (χ2v) is 6.00. The van der Waals surface area contributed by atoms with Crippen LogP contribution in [0.3, 0.4) is 0 Å². The lowest BCUT2D eigenvalue weighted by atomic mass is 10.2. The average molecular weight is 291 g/mol. The third kappa shape index (κ3) is 2.24. The van der Waals surface area contributed by atoms with Crippen LogP contribution >= 0.6 is 0 Å². The highest BCUT2D eigenvalue weighted by atomic mass is 19.1. The molecule has 1 saturated carbocycles. The summed E-state index contributed by atoms with van der Waals surface area (Å²) in [7, 11) is 0. The van der Waals surface area contributed by atoms with Crippen LogP contribution in [0, 0.1) is 11.7 Å². The maximum Gasteiger partial charge on any atom is 0.331 e. The lowest BCUT2D eigenvalue weighted by Gasteiger charge is -2.17. The molecule has 1 heterocycles. The summed E-state index contributed by atoms with van der Waals surface area (Å²) in [6.07, 6.45) is 2.08. The lowest BCUT2D eigenvalue weighted by Crippen LogP contribution is -2.41. The van der Waals surface area contributed by atoms with Crippen molar-refractivity contribution in [3.63, 3.8) is 0 Å². The van der Waals surface area contributed by atoms with Gasteiger partial charge in [0.05, 0.1) is 16.6 Å². The molecule has 6 heteroatoms. The van der Waals surface area contributed by atoms with Gasteiger partial charge < -0.3 is 5.73 Å². The van der Waals surface area contributed by atoms with Gasteiger partial charge in [0.1, 0.15) is 5.82 Å². The Labute approximate surface area is 120 Å². The van der Waals surface area contributed by atoms with E-state index in [9.17, 15) is 14.0 Å². The number of halogens is 1. The summed E-state index contributed by atoms with van der Waals surface area (Å²) in [4.78, 5) is 25.1. The molecule has 0 bridgehead atoms. The van der Waals surface area contributed by atoms with E-state index in [1.54, 1.807) is 0 Å². The lowest BCUT2D eigenvalue weighted by molar-refractivity contribution is 0.506. The van der Waals surface area contributed by atoms with E-state index in [2.05, 4.69) is 0 Å². The van der Waals surface area contributed by atoms with E-state index in [0.29, 0.717) is 23.4 Å². The molecule has 0 saturated heterocycles. The highest BCUT2D eigenvalue weighted by molar-refractivity contribution is 5.82. The summed E-state index contributed by atoms with van der Waals surface area (Å²) in [5, 5.41) is 0.294. The molecule has 0 atom stereocenters. The summed E-state index contributed by atoms with van der Waals surface area (Å²) in [5.74, 6) is -0.220. The van der Waals surface area contributed by atoms with Crippen molar-refractivity contribution in [3.8, 4) is 0 Å². The number of nitrogens with zero attached hydrogens (tertiary/aromatic N) is 2. The summed E-state index contributed by atoms with van der Waals surface area (Å²) in [6, 6.07) is 2.33. The molecule has 3 rings (SSSR count). The number of hydrogen-bond acceptors (Lipinski definition) is 3. The van der Waals surface area contributed by atoms with E-state index in [1.807, 2.05) is 13.8 Å². The van der Waals surface area contributed by atoms with Crippen molar-refractivity contribution in [2.45, 2.75) is 39.3 Å². The van der Waals surface area contributed by atoms with Crippen LogP contribution in [0.1, 0.15) is 32.7 Å². The van der Waals surface area contributed by atoms with Crippen molar-refractivity contribution in [2.24, 2.45) is 5.92 Å². The molecule has 1 aliphatic rings. The van der Waals surface area contributed by atoms with Gasteiger partial charge in [0.25, 0.3) is 5.56 Å². The monoisotopic (exact) mass is 291 g/mol. The van der Waals surface area contributed by atoms with E-state index >= 15 is 0 Å². The standard InChI is InChI=1S/C15H18FN3O2/c1-8(2)19-13-6-11(16)12(17)5-10(13)14(20)18(15(19)21)7-9-3-4-9/h5-6,8-9H,3-4,7,17H2,1-2H3. The fourth-order valence-corrected chi connectivity index (χ4v) is 2.63. The van der Waals surface area contributed by atoms with Crippen molar-refractivity contribution < 1.29 is 4.39 Å². The van der Waals surface area contributed by atoms with E-state index < -0.39 is 5.82 Å². The largest absolute Gasteiger partial charge is 0.396 e. The molecular formula is C15H18FN3O2. The zero-order valence-corrected chi connectivity index (χ0v) is 12.1. The average Bonchev–Trinajstić information content (AvgIpc) is 3.21. The molecule has 0 spiro atoms. The van der Waals surface area contributed by atoms with Crippen molar-refractivity contribution in [3.05, 3.63) is 38.8 Å². The van der Waals surface area contributed by atoms with Gasteiger partial charge in [0, 0.05) is 18.7 Å². The zero-order valence-electron chi connectivity index (χ0n) is 12.1. The predicted molar refractivity (Wildman–Crippen MR) is 79.9 cm³/mol. The van der Waals surface area contributed by atoms with Gasteiger partial charge in [-0.15, -0.1) is 0 Å². The first-order valence-corrected chi connectivity index (χ1v) is 7.14. The number of rotatable bonds is 3. The van der Waals surface area contributed by atoms with Crippen LogP contribution in [0.4, 0.5) is 10.1 Å². The van der Waals surface area contributed by atoms with Crippen LogP contribution in [-0.2, 0) is 6.54 Å². The van der Waals surface area contributed by atoms with Gasteiger partial charge in [-0.05, 0) is 38.7 Å². The molecule has 0 unspecified atom stereocenters. The van der Waals surface area contributed by atoms with Crippen molar-refractivity contribution in [1.82, 2.24) is 9.13 Å². The second kappa shape index (κ2) is 4.72. The number of benzene rings is 1. The Morgan fingerprint density at radius 3 is 2.57 bits per heavy atom. The summed E-state index contributed by atoms with van der Waals surface area (Å²) < 4.78 is 16.4. The number of nitrogens with two attached hydrogens (primary N) is 1. The predicted octanol–water partition coefficient (Wildman–Crippen LogP) is 1.88. The van der Waals surface area contributed by atoms with Gasteiger partial charge in [0.2, 0.25) is 0 Å². The number of anilines is 1. The highest BCUT2D eigenvalue weighted by Gasteiger charge is 2.25. The van der Waals surface area contributed by atoms with Gasteiger partial charge in [0.15, 0.2) is 0 Å². The Bertz CT molecular complexity index is 831. The minimum absolute atomic E-state index is 0.0773. The SMILES string of the molecule is CC(C)n1c(=O)n(CC2CC2)c(=O)c2cc(N)c(F)cc21. The van der Waals surface area contributed by atoms with Crippen LogP contribution in [0.25, 0.3) is 10.9 Å². The van der Waals surface area contributed by atoms with E-state index in [-0.39, 0.29) is 23.0 Å². The molecule has 1 aromatic heterocycles. The van der Waals surface area contributed by atoms with Crippen LogP contribution < -0.4 is 17.0 Å². The van der Waals surface area contributed by atoms with Crippen LogP contribution in [0.2, 0.25) is 0 Å². The molecule has 2 aromatic rings. The van der Waals surface area contributed by atoms with E-state index in [1.165, 1.54) is 21.3 Å². The number of aromatic nitrogens is 2. The molecule has 5 nitrogen and oxygen atoms in total. The minimum atomic E-state index is -0.615. The number of nitrogen functional groups attached to an aromatic ring is 1. The van der Waals surface area contributed by atoms with Gasteiger partial charge >= 0.3 is 5.69 Å². The smallest absolute Gasteiger partial charge is 0.331 e. The Hall–Kier alpha value is -2.11. The quantitative estimate of drug-likeness (QED) is 0.878. The van der Waals surface area contributed by atoms with Crippen LogP contribution in [0.15, 0.2) is 21.7 Å². The Morgan fingerprint density at radius 2 is 2.00 bits per heavy atom. The van der Waals surface area contributed by atoms with Gasteiger partial charge in [-0.25, -0.2) is 9.18 Å². The normalized spacial score (nSPS) is 15.0. The molecule has 1 aromatic carbocycles. The zero-order chi connectivity index (χ0) is 15.3. The van der Waals surface area contributed by atoms with Gasteiger partial charge in [-0.1, -0.05) is 0 Å². The Morgan fingerprint density at radius 1 is 1.33 bits per heavy atom. The van der Waals surface area contributed by atoms with Crippen molar-refractivity contribution in [1.29, 1.82) is 0 Å². The van der Waals surface area contributed by atoms with E-state index in [4.69, 9.17) is 5.73 Å². The molecule has 1 aliphatic carbocycles. The molecule has 2 N–H and O–H groups in total. The van der Waals surface area contributed by atoms with Crippen molar-refractivity contribution >= 4 is 16.6 Å². The molecule has 0 aliphatic heterocycles. The molecule has 21 heavy (non-hydrogen) atoms. The van der Waals surface area contributed by atoms with Crippen LogP contribution in [0.5, 0.6) is 0 Å². The summed E-state index contributed by atoms with van der Waals surface area (Å²) in [6.45, 7) is 4.10. The first kappa shape index (κ1) is 13.9. The fraction of sp³-hybridized carbons (Fsp3) is 0.467. The highest BCUT2D eigenvalue weighted by Crippen LogP contribution is 2.30. The maximum atomic E-state index is 13.7. The van der Waals surface area contributed by atoms with Crippen molar-refractivity contribution in [2.75, 3.05) is 5.73 Å². The minimum Gasteiger partial charge on any atom is -0.396 e. The Kier molecular flexibility index (Phi) is 3.11. The first-order chi connectivity index (χ1) is 9.90. The second-order valence-electron chi connectivity index (χ2n) is 6.00.